The summed E-state index contributed by atoms with van der Waals surface area (Å²) in [6.07, 6.45) is 23.6. The third kappa shape index (κ3) is 87.6. The summed E-state index contributed by atoms with van der Waals surface area (Å²) >= 11 is 14.3. The number of rotatable bonds is 59. The average Bonchev–Trinajstić information content (AvgIpc) is 0.773. The molecular weight excluding hydrogens is 1930 g/mol. The van der Waals surface area contributed by atoms with Gasteiger partial charge in [-0.25, -0.2) is 0 Å². The van der Waals surface area contributed by atoms with Gasteiger partial charge in [-0.2, -0.15) is 0 Å². The molecule has 5 aromatic carbocycles. The van der Waals surface area contributed by atoms with Crippen LogP contribution in [0.3, 0.4) is 0 Å². The number of nitrogens with two attached hydrogens (primary N) is 8. The number of anilines is 1. The maximum atomic E-state index is 10.7. The van der Waals surface area contributed by atoms with Crippen molar-refractivity contribution in [1.29, 1.82) is 0 Å². The topological polar surface area (TPSA) is 530 Å². The fourth-order valence-electron chi connectivity index (χ4n) is 10.6. The standard InChI is InChI=1S/C19H20Br4O4.C16H20N2.2C10H24N2.C9H20O4.C7H10N2.C6H12N2O4.C6H14N2.C5H14N2.C4H12N2O.C4H12N2/c1-19(2,11-7-13(20)17(14(21)8-11)26-5-3-24)12-9-15(22)18(16(23)10-12)27-6-4-25;1-17-15(13-9-5-3-6-10-13)16(18-2)14-11-7-4-8-12-14;1-3-11-9-7-5-6-8-10-12-4-2;11-9-7-5-3-1-2-4-6-8-10-12;10-4-1-6-12-8-3-9-13-7-2-5-11;8-5-6-1-3-7(9)4-2-6;9-3-1-7-5(11)6(12)8-2-4-10;1-7-5-3-4-6-8-2;1-6-4-3-5-7-2;5-1-3-7-4-2-6;1-4(2,6)3-5/h7-10,24-25H,3-6H2,1-2H3;3-12,15-18H,1-2H3;11-12H,3-10H2,1-2H3;1-12H2;10-11H,1-9H2;1-4H,5,8-9H2;9-10H,1-4H2,(H,7,11)(H,8,12);3-4,7-8H,5-6H2,1-2H3;6-7H,3-5H2,1-2H3;1-6H2;3,5-6H2,1-2H3/b;;;;;;;4-3+;;;/t;15-,16-;;;;;;;;;/m.0........./s1. The predicted molar refractivity (Wildman–Crippen MR) is 562 cm³/mol. The van der Waals surface area contributed by atoms with Crippen LogP contribution < -0.4 is 109 Å². The quantitative estimate of drug-likeness (QED) is 0.00746. The third-order valence-corrected chi connectivity index (χ3v) is 20.3. The summed E-state index contributed by atoms with van der Waals surface area (Å²) in [4.78, 5) is 21.4. The van der Waals surface area contributed by atoms with E-state index in [0.29, 0.717) is 90.2 Å². The van der Waals surface area contributed by atoms with Gasteiger partial charge in [0.15, 0.2) is 0 Å². The van der Waals surface area contributed by atoms with Gasteiger partial charge in [0.25, 0.3) is 0 Å². The molecule has 0 saturated carbocycles. The van der Waals surface area contributed by atoms with Crippen molar-refractivity contribution in [3.05, 3.63) is 167 Å². The molecule has 0 unspecified atom stereocenters. The van der Waals surface area contributed by atoms with Gasteiger partial charge in [-0.1, -0.05) is 164 Å². The SMILES string of the molecule is CC(C)(N)CN.CC(C)(c1cc(Br)c(OCCO)c(Br)c1)c1cc(Br)c(OCCO)c(Br)c1.CCNCCCCCCNCC.CNC/C=C/CNC.CNCCCNC.CN[C@@H](c1ccccc1)[C@@H](NC)c1ccccc1.NCCCCCCCCCCN.NCCOCCN.NCc1ccc(N)cc1.O=C(NCCO)C(=O)NCCO.OCCCOCCCOCCCO. The van der Waals surface area contributed by atoms with E-state index < -0.39 is 11.8 Å². The molecule has 762 valence electrons. The van der Waals surface area contributed by atoms with Crippen LogP contribution in [0.4, 0.5) is 5.69 Å². The molecule has 0 aromatic heterocycles. The Hall–Kier alpha value is -4.86. The minimum atomic E-state index is -0.808. The molecule has 0 radical (unpaired) electrons. The number of unbranched alkanes of at least 4 members (excludes halogenated alkanes) is 10. The first-order valence-electron chi connectivity index (χ1n) is 46.3. The number of halogens is 4. The Kier molecular flexibility index (Phi) is 109. The number of benzene rings is 5. The third-order valence-electron chi connectivity index (χ3n) is 17.9. The first kappa shape index (κ1) is 137. The molecule has 0 spiro atoms. The molecule has 0 aliphatic rings. The van der Waals surface area contributed by atoms with Crippen LogP contribution in [0, 0.1) is 0 Å². The van der Waals surface area contributed by atoms with E-state index in [0.717, 1.165) is 99.0 Å². The van der Waals surface area contributed by atoms with E-state index in [4.69, 9.17) is 100 Å². The number of ether oxygens (including phenoxy) is 5. The van der Waals surface area contributed by atoms with Gasteiger partial charge in [-0.3, -0.25) is 9.59 Å². The lowest BCUT2D eigenvalue weighted by Crippen LogP contribution is -2.41. The molecule has 0 heterocycles. The van der Waals surface area contributed by atoms with Gasteiger partial charge in [0.1, 0.15) is 24.7 Å². The van der Waals surface area contributed by atoms with Crippen molar-refractivity contribution in [3.63, 3.8) is 0 Å². The molecule has 0 fully saturated rings. The molecule has 0 saturated heterocycles. The van der Waals surface area contributed by atoms with E-state index in [1.807, 2.05) is 117 Å². The number of amides is 2. The van der Waals surface area contributed by atoms with E-state index in [-0.39, 0.29) is 89.0 Å². The second-order valence-corrected chi connectivity index (χ2v) is 33.8. The van der Waals surface area contributed by atoms with E-state index >= 15 is 0 Å². The van der Waals surface area contributed by atoms with Crippen LogP contribution in [0.15, 0.2) is 139 Å². The normalized spacial score (nSPS) is 11.0. The Morgan fingerprint density at radius 2 is 0.733 bits per heavy atom. The van der Waals surface area contributed by atoms with Crippen molar-refractivity contribution < 1.29 is 63.9 Å². The fraction of sp³-hybridized carbons (Fsp3) is 0.646. The summed E-state index contributed by atoms with van der Waals surface area (Å²) in [6.45, 7) is 29.4. The lowest BCUT2D eigenvalue weighted by molar-refractivity contribution is -0.139. The molecule has 0 bridgehead atoms. The predicted octanol–water partition coefficient (Wildman–Crippen LogP) is 9.01. The highest BCUT2D eigenvalue weighted by molar-refractivity contribution is 9.11. The molecule has 0 aliphatic heterocycles. The number of nitrogens with one attached hydrogen (secondary N) is 10. The van der Waals surface area contributed by atoms with Crippen molar-refractivity contribution in [1.82, 2.24) is 53.2 Å². The van der Waals surface area contributed by atoms with Gasteiger partial charge < -0.3 is 153 Å². The van der Waals surface area contributed by atoms with Crippen LogP contribution in [0.1, 0.15) is 184 Å². The second kappa shape index (κ2) is 104. The highest BCUT2D eigenvalue weighted by Crippen LogP contribution is 2.44. The summed E-state index contributed by atoms with van der Waals surface area (Å²) in [5.41, 5.74) is 48.6. The Morgan fingerprint density at radius 3 is 1.02 bits per heavy atom. The Bertz CT molecular complexity index is 3000. The summed E-state index contributed by atoms with van der Waals surface area (Å²) in [5, 5.41) is 81.4. The average molecular weight is 2120 g/mol. The molecule has 5 aromatic rings. The Labute approximate surface area is 823 Å². The molecule has 2 atom stereocenters. The van der Waals surface area contributed by atoms with Crippen LogP contribution in [0.2, 0.25) is 0 Å². The van der Waals surface area contributed by atoms with Gasteiger partial charge in [0.05, 0.1) is 69.6 Å². The Morgan fingerprint density at radius 1 is 0.397 bits per heavy atom. The van der Waals surface area contributed by atoms with Crippen molar-refractivity contribution in [2.24, 2.45) is 40.1 Å². The largest absolute Gasteiger partial charge is 0.489 e. The maximum Gasteiger partial charge on any atom is 0.309 e. The van der Waals surface area contributed by atoms with Crippen LogP contribution in [0.5, 0.6) is 11.5 Å². The monoisotopic (exact) mass is 2110 g/mol. The first-order chi connectivity index (χ1) is 63.2. The fourth-order valence-corrected chi connectivity index (χ4v) is 13.4. The van der Waals surface area contributed by atoms with E-state index in [9.17, 15) is 9.59 Å². The minimum Gasteiger partial charge on any atom is -0.489 e. The van der Waals surface area contributed by atoms with Gasteiger partial charge >= 0.3 is 11.8 Å². The molecule has 0 aliphatic carbocycles. The number of hydrogen-bond donors (Lipinski definition) is 24. The minimum absolute atomic E-state index is 0.0428. The molecule has 35 heteroatoms. The number of likely N-dealkylation sites (N-methyl/N-ethyl adjacent to an activating group) is 4. The lowest BCUT2D eigenvalue weighted by Gasteiger charge is -2.28. The van der Waals surface area contributed by atoms with Gasteiger partial charge in [0, 0.05) is 109 Å². The van der Waals surface area contributed by atoms with Crippen LogP contribution in [0.25, 0.3) is 0 Å². The zero-order valence-corrected chi connectivity index (χ0v) is 88.2. The number of carbonyl (C=O) groups is 2. The van der Waals surface area contributed by atoms with Gasteiger partial charge in [0.2, 0.25) is 0 Å². The highest BCUT2D eigenvalue weighted by Gasteiger charge is 2.28. The molecule has 31 nitrogen and oxygen atoms in total. The van der Waals surface area contributed by atoms with Gasteiger partial charge in [-0.15, -0.1) is 0 Å². The summed E-state index contributed by atoms with van der Waals surface area (Å²) in [5.74, 6) is -0.285. The smallest absolute Gasteiger partial charge is 0.309 e. The number of nitrogen functional groups attached to an aromatic ring is 1. The Balaban J connectivity index is -0.000000339. The molecule has 32 N–H and O–H groups in total. The number of carbonyl (C=O) groups excluding carboxylic acids is 2. The number of aliphatic hydroxyl groups is 6. The second-order valence-electron chi connectivity index (χ2n) is 30.4. The highest BCUT2D eigenvalue weighted by atomic mass is 79.9. The molecule has 5 rings (SSSR count). The van der Waals surface area contributed by atoms with Crippen molar-refractivity contribution >= 4 is 81.2 Å². The maximum absolute atomic E-state index is 10.7. The van der Waals surface area contributed by atoms with Crippen molar-refractivity contribution in [2.45, 2.75) is 174 Å². The zero-order chi connectivity index (χ0) is 99.5. The van der Waals surface area contributed by atoms with Crippen LogP contribution in [-0.4, -0.2) is 281 Å². The summed E-state index contributed by atoms with van der Waals surface area (Å²) in [6, 6.07) is 37.2. The molecule has 2 amide bonds. The van der Waals surface area contributed by atoms with Crippen molar-refractivity contribution in [2.75, 3.05) is 239 Å². The van der Waals surface area contributed by atoms with E-state index in [1.165, 1.54) is 108 Å². The first-order valence-corrected chi connectivity index (χ1v) is 49.5. The van der Waals surface area contributed by atoms with Crippen LogP contribution in [-0.2, 0) is 35.8 Å². The number of hydrogen-bond acceptors (Lipinski definition) is 29. The molecular formula is C96H182Br4N18O13. The van der Waals surface area contributed by atoms with E-state index in [1.54, 1.807) is 0 Å². The van der Waals surface area contributed by atoms with Gasteiger partial charge in [-0.05, 0) is 288 Å². The van der Waals surface area contributed by atoms with Crippen LogP contribution >= 0.6 is 63.7 Å². The number of aliphatic hydroxyl groups excluding tert-OH is 6. The zero-order valence-electron chi connectivity index (χ0n) is 81.9. The van der Waals surface area contributed by atoms with Crippen molar-refractivity contribution in [3.8, 4) is 11.5 Å². The summed E-state index contributed by atoms with van der Waals surface area (Å²) in [7, 11) is 11.8. The lowest BCUT2D eigenvalue weighted by atomic mass is 9.78. The van der Waals surface area contributed by atoms with E-state index in [2.05, 4.69) is 205 Å². The molecule has 131 heavy (non-hydrogen) atoms. The summed E-state index contributed by atoms with van der Waals surface area (Å²) < 4.78 is 29.7.